The number of nitrogens with zero attached hydrogens (tertiary/aromatic N) is 5. The third-order valence-electron chi connectivity index (χ3n) is 5.45. The highest BCUT2D eigenvalue weighted by molar-refractivity contribution is 6.12. The largest absolute Gasteiger partial charge is 0.343 e. The molecule has 0 aliphatic carbocycles. The first-order valence-electron chi connectivity index (χ1n) is 9.60. The molecule has 1 amide bonds. The zero-order chi connectivity index (χ0) is 20.9. The van der Waals surface area contributed by atoms with Crippen LogP contribution >= 0.6 is 0 Å². The Kier molecular flexibility index (Phi) is 3.90. The van der Waals surface area contributed by atoms with Crippen LogP contribution in [0, 0.1) is 11.3 Å². The highest BCUT2D eigenvalue weighted by Gasteiger charge is 2.30. The lowest BCUT2D eigenvalue weighted by atomic mass is 9.90. The topological polar surface area (TPSA) is 98.6 Å². The van der Waals surface area contributed by atoms with E-state index in [1.165, 1.54) is 0 Å². The summed E-state index contributed by atoms with van der Waals surface area (Å²) >= 11 is 0. The predicted octanol–water partition coefficient (Wildman–Crippen LogP) is 3.98. The summed E-state index contributed by atoms with van der Waals surface area (Å²) < 4.78 is 0. The van der Waals surface area contributed by atoms with Crippen molar-refractivity contribution in [2.24, 2.45) is 0 Å². The second-order valence-corrected chi connectivity index (χ2v) is 7.84. The number of rotatable bonds is 3. The van der Waals surface area contributed by atoms with Crippen LogP contribution in [0.3, 0.4) is 0 Å². The average Bonchev–Trinajstić information content (AvgIpc) is 3.34. The van der Waals surface area contributed by atoms with Gasteiger partial charge in [0, 0.05) is 23.5 Å². The number of hydrogen-bond donors (Lipinski definition) is 1. The molecule has 30 heavy (non-hydrogen) atoms. The lowest BCUT2D eigenvalue weighted by Gasteiger charge is -2.15. The van der Waals surface area contributed by atoms with Crippen LogP contribution in [0.1, 0.15) is 35.5 Å². The number of anilines is 1. The number of pyridine rings is 1. The van der Waals surface area contributed by atoms with Crippen LogP contribution in [-0.4, -0.2) is 25.8 Å². The van der Waals surface area contributed by atoms with E-state index in [0.29, 0.717) is 40.3 Å². The molecule has 0 unspecified atom stereocenters. The van der Waals surface area contributed by atoms with E-state index < -0.39 is 5.41 Å². The minimum absolute atomic E-state index is 0.0410. The van der Waals surface area contributed by atoms with Gasteiger partial charge in [0.25, 0.3) is 5.91 Å². The highest BCUT2D eigenvalue weighted by atomic mass is 16.2. The molecule has 4 heterocycles. The number of nitrogens with one attached hydrogen (secondary N) is 1. The number of hydrogen-bond acceptors (Lipinski definition) is 5. The van der Waals surface area contributed by atoms with Gasteiger partial charge in [0.05, 0.1) is 41.3 Å². The Morgan fingerprint density at radius 3 is 2.83 bits per heavy atom. The van der Waals surface area contributed by atoms with Gasteiger partial charge in [-0.3, -0.25) is 9.78 Å². The van der Waals surface area contributed by atoms with Crippen LogP contribution < -0.4 is 4.90 Å². The first-order chi connectivity index (χ1) is 14.5. The number of carbonyl (C=O) groups excluding carboxylic acids is 1. The van der Waals surface area contributed by atoms with Gasteiger partial charge in [0.1, 0.15) is 5.52 Å². The fourth-order valence-corrected chi connectivity index (χ4v) is 3.66. The van der Waals surface area contributed by atoms with E-state index in [9.17, 15) is 10.1 Å². The summed E-state index contributed by atoms with van der Waals surface area (Å²) in [7, 11) is 0. The van der Waals surface area contributed by atoms with E-state index in [1.54, 1.807) is 23.5 Å². The van der Waals surface area contributed by atoms with E-state index in [1.807, 2.05) is 50.2 Å². The molecule has 5 rings (SSSR count). The minimum atomic E-state index is -0.708. The number of carbonyl (C=O) groups is 1. The van der Waals surface area contributed by atoms with Crippen molar-refractivity contribution in [2.75, 3.05) is 4.90 Å². The van der Waals surface area contributed by atoms with Gasteiger partial charge in [0.2, 0.25) is 0 Å². The summed E-state index contributed by atoms with van der Waals surface area (Å²) in [5, 5.41) is 9.42. The third kappa shape index (κ3) is 2.73. The Labute approximate surface area is 173 Å². The average molecular weight is 394 g/mol. The summed E-state index contributed by atoms with van der Waals surface area (Å²) in [6, 6.07) is 13.6. The number of fused-ring (bicyclic) bond motifs is 2. The number of amides is 1. The Hall–Kier alpha value is -4.05. The molecule has 0 spiro atoms. The van der Waals surface area contributed by atoms with Crippen molar-refractivity contribution < 1.29 is 4.79 Å². The maximum Gasteiger partial charge on any atom is 0.259 e. The summed E-state index contributed by atoms with van der Waals surface area (Å²) in [6.45, 7) is 4.16. The number of benzene rings is 1. The Morgan fingerprint density at radius 2 is 2.03 bits per heavy atom. The molecule has 1 aliphatic heterocycles. The second-order valence-electron chi connectivity index (χ2n) is 7.84. The maximum absolute atomic E-state index is 12.9. The normalized spacial score (nSPS) is 13.5. The molecule has 4 aromatic rings. The molecule has 0 saturated heterocycles. The summed E-state index contributed by atoms with van der Waals surface area (Å²) in [4.78, 5) is 31.4. The van der Waals surface area contributed by atoms with Crippen molar-refractivity contribution in [1.29, 1.82) is 5.26 Å². The van der Waals surface area contributed by atoms with Crippen molar-refractivity contribution in [3.8, 4) is 17.3 Å². The predicted molar refractivity (Wildman–Crippen MR) is 113 cm³/mol. The van der Waals surface area contributed by atoms with Crippen molar-refractivity contribution in [3.05, 3.63) is 71.8 Å². The molecule has 0 radical (unpaired) electrons. The van der Waals surface area contributed by atoms with E-state index >= 15 is 0 Å². The van der Waals surface area contributed by atoms with E-state index in [0.717, 1.165) is 11.1 Å². The minimum Gasteiger partial charge on any atom is -0.343 e. The van der Waals surface area contributed by atoms with Gasteiger partial charge >= 0.3 is 0 Å². The van der Waals surface area contributed by atoms with Crippen LogP contribution in [0.2, 0.25) is 0 Å². The van der Waals surface area contributed by atoms with Gasteiger partial charge in [-0.2, -0.15) is 5.26 Å². The van der Waals surface area contributed by atoms with Crippen LogP contribution in [-0.2, 0) is 12.0 Å². The number of aromatic amines is 1. The van der Waals surface area contributed by atoms with Gasteiger partial charge < -0.3 is 9.88 Å². The van der Waals surface area contributed by atoms with Crippen LogP contribution in [0.5, 0.6) is 0 Å². The summed E-state index contributed by atoms with van der Waals surface area (Å²) in [5.74, 6) is -0.0410. The number of H-pyrrole nitrogens is 1. The zero-order valence-corrected chi connectivity index (χ0v) is 16.5. The van der Waals surface area contributed by atoms with E-state index in [4.69, 9.17) is 4.98 Å². The van der Waals surface area contributed by atoms with E-state index in [2.05, 4.69) is 21.0 Å². The van der Waals surface area contributed by atoms with Gasteiger partial charge in [-0.15, -0.1) is 0 Å². The fourth-order valence-electron chi connectivity index (χ4n) is 3.66. The van der Waals surface area contributed by atoms with Crippen molar-refractivity contribution in [1.82, 2.24) is 19.9 Å². The molecule has 0 fully saturated rings. The quantitative estimate of drug-likeness (QED) is 0.567. The van der Waals surface area contributed by atoms with Crippen LogP contribution in [0.25, 0.3) is 22.4 Å². The highest BCUT2D eigenvalue weighted by Crippen LogP contribution is 2.33. The Morgan fingerprint density at radius 1 is 1.20 bits per heavy atom. The lowest BCUT2D eigenvalue weighted by molar-refractivity contribution is 0.0997. The monoisotopic (exact) mass is 394 g/mol. The molecule has 7 heteroatoms. The lowest BCUT2D eigenvalue weighted by Crippen LogP contribution is -2.22. The number of aromatic nitrogens is 4. The molecule has 1 aromatic carbocycles. The SMILES string of the molecule is CC(C)(C#N)c1cc(-c2cnc3[nH]cc(N4Cc5ccccc5C4=O)c3n2)ccn1. The molecular formula is C23H18N6O. The molecule has 7 nitrogen and oxygen atoms in total. The zero-order valence-electron chi connectivity index (χ0n) is 16.5. The first-order valence-corrected chi connectivity index (χ1v) is 9.60. The van der Waals surface area contributed by atoms with Crippen molar-refractivity contribution >= 4 is 22.8 Å². The molecule has 0 saturated carbocycles. The van der Waals surface area contributed by atoms with Gasteiger partial charge in [-0.1, -0.05) is 18.2 Å². The second kappa shape index (κ2) is 6.49. The van der Waals surface area contributed by atoms with Crippen molar-refractivity contribution in [2.45, 2.75) is 25.8 Å². The molecule has 1 N–H and O–H groups in total. The molecule has 0 atom stereocenters. The van der Waals surface area contributed by atoms with Gasteiger partial charge in [-0.25, -0.2) is 9.97 Å². The fraction of sp³-hybridized carbons (Fsp3) is 0.174. The van der Waals surface area contributed by atoms with Crippen LogP contribution in [0.4, 0.5) is 5.69 Å². The number of nitriles is 1. The molecule has 3 aromatic heterocycles. The maximum atomic E-state index is 12.9. The van der Waals surface area contributed by atoms with Gasteiger partial charge in [0.15, 0.2) is 5.65 Å². The van der Waals surface area contributed by atoms with Crippen molar-refractivity contribution in [3.63, 3.8) is 0 Å². The summed E-state index contributed by atoms with van der Waals surface area (Å²) in [6.07, 6.45) is 5.13. The first kappa shape index (κ1) is 18.0. The van der Waals surface area contributed by atoms with Gasteiger partial charge in [-0.05, 0) is 37.6 Å². The molecule has 0 bridgehead atoms. The third-order valence-corrected chi connectivity index (χ3v) is 5.45. The Balaban J connectivity index is 1.58. The van der Waals surface area contributed by atoms with Crippen LogP contribution in [0.15, 0.2) is 55.0 Å². The molecule has 1 aliphatic rings. The van der Waals surface area contributed by atoms with E-state index in [-0.39, 0.29) is 5.91 Å². The Bertz CT molecular complexity index is 1350. The smallest absolute Gasteiger partial charge is 0.259 e. The molecule has 146 valence electrons. The standard InChI is InChI=1S/C23H18N6O/c1-23(2,13-24)19-9-14(7-8-25-19)17-10-26-21-20(28-17)18(11-27-21)29-12-15-5-3-4-6-16(15)22(29)30/h3-11H,12H2,1-2H3,(H,26,27). The summed E-state index contributed by atoms with van der Waals surface area (Å²) in [5.41, 5.74) is 5.10. The molecular weight excluding hydrogens is 376 g/mol.